The van der Waals surface area contributed by atoms with Crippen molar-refractivity contribution < 1.29 is 17.7 Å². The minimum atomic E-state index is -4.46. The van der Waals surface area contributed by atoms with E-state index in [1.165, 1.54) is 0 Å². The molecular weight excluding hydrogens is 295 g/mol. The molecule has 0 fully saturated rings. The summed E-state index contributed by atoms with van der Waals surface area (Å²) < 4.78 is 42.4. The second kappa shape index (κ2) is 5.32. The number of alkyl halides is 3. The van der Waals surface area contributed by atoms with Gasteiger partial charge >= 0.3 is 6.18 Å². The third-order valence-electron chi connectivity index (χ3n) is 2.78. The van der Waals surface area contributed by atoms with Crippen molar-refractivity contribution in [2.45, 2.75) is 26.6 Å². The first-order chi connectivity index (χ1) is 9.29. The van der Waals surface area contributed by atoms with Crippen LogP contribution in [0.5, 0.6) is 0 Å². The monoisotopic (exact) mass is 305 g/mol. The fraction of sp³-hybridized carbons (Fsp3) is 0.333. The summed E-state index contributed by atoms with van der Waals surface area (Å²) in [5.74, 6) is 0.817. The molecule has 0 aliphatic heterocycles. The summed E-state index contributed by atoms with van der Waals surface area (Å²) in [6.07, 6.45) is -3.72. The van der Waals surface area contributed by atoms with Crippen LogP contribution in [-0.4, -0.2) is 10.1 Å². The Balaban J connectivity index is 2.15. The Morgan fingerprint density at radius 3 is 2.55 bits per heavy atom. The Kier molecular flexibility index (Phi) is 3.89. The molecule has 0 amide bonds. The zero-order chi connectivity index (χ0) is 14.9. The van der Waals surface area contributed by atoms with Gasteiger partial charge < -0.3 is 9.84 Å². The molecule has 2 heterocycles. The Morgan fingerprint density at radius 2 is 2.05 bits per heavy atom. The van der Waals surface area contributed by atoms with E-state index >= 15 is 0 Å². The van der Waals surface area contributed by atoms with Gasteiger partial charge in [0.2, 0.25) is 0 Å². The average molecular weight is 306 g/mol. The van der Waals surface area contributed by atoms with E-state index in [0.717, 1.165) is 17.8 Å². The summed E-state index contributed by atoms with van der Waals surface area (Å²) in [4.78, 5) is 3.69. The van der Waals surface area contributed by atoms with E-state index in [4.69, 9.17) is 16.1 Å². The van der Waals surface area contributed by atoms with Gasteiger partial charge in [-0.25, -0.2) is 4.98 Å². The number of aryl methyl sites for hydroxylation is 2. The first-order valence-electron chi connectivity index (χ1n) is 5.67. The van der Waals surface area contributed by atoms with E-state index in [2.05, 4.69) is 15.5 Å². The van der Waals surface area contributed by atoms with E-state index in [9.17, 15) is 13.2 Å². The molecule has 2 aromatic heterocycles. The van der Waals surface area contributed by atoms with Gasteiger partial charge in [0.25, 0.3) is 0 Å². The smallest absolute Gasteiger partial charge is 0.365 e. The molecule has 0 bridgehead atoms. The Labute approximate surface area is 117 Å². The zero-order valence-corrected chi connectivity index (χ0v) is 11.4. The van der Waals surface area contributed by atoms with Crippen molar-refractivity contribution in [1.82, 2.24) is 10.1 Å². The van der Waals surface area contributed by atoms with Crippen LogP contribution in [0, 0.1) is 13.8 Å². The fourth-order valence-electron chi connectivity index (χ4n) is 1.65. The van der Waals surface area contributed by atoms with E-state index in [1.54, 1.807) is 13.8 Å². The van der Waals surface area contributed by atoms with Gasteiger partial charge in [0.15, 0.2) is 0 Å². The van der Waals surface area contributed by atoms with E-state index in [0.29, 0.717) is 18.0 Å². The molecule has 20 heavy (non-hydrogen) atoms. The van der Waals surface area contributed by atoms with Crippen molar-refractivity contribution in [2.24, 2.45) is 0 Å². The molecule has 0 atom stereocenters. The minimum Gasteiger partial charge on any atom is -0.365 e. The lowest BCUT2D eigenvalue weighted by molar-refractivity contribution is -0.137. The number of hydrogen-bond acceptors (Lipinski definition) is 4. The summed E-state index contributed by atoms with van der Waals surface area (Å²) in [5, 5.41) is 6.55. The molecule has 0 unspecified atom stereocenters. The summed E-state index contributed by atoms with van der Waals surface area (Å²) in [6.45, 7) is 3.84. The van der Waals surface area contributed by atoms with Gasteiger partial charge in [0.05, 0.1) is 16.3 Å². The molecule has 1 N–H and O–H groups in total. The van der Waals surface area contributed by atoms with Crippen LogP contribution in [0.3, 0.4) is 0 Å². The summed E-state index contributed by atoms with van der Waals surface area (Å²) in [7, 11) is 0. The van der Waals surface area contributed by atoms with Gasteiger partial charge in [-0.15, -0.1) is 0 Å². The maximum atomic E-state index is 12.5. The van der Waals surface area contributed by atoms with Crippen molar-refractivity contribution in [3.63, 3.8) is 0 Å². The molecule has 108 valence electrons. The van der Waals surface area contributed by atoms with Gasteiger partial charge in [-0.05, 0) is 19.9 Å². The second-order valence-corrected chi connectivity index (χ2v) is 4.62. The number of halogens is 4. The molecule has 0 aliphatic carbocycles. The molecule has 4 nitrogen and oxygen atoms in total. The van der Waals surface area contributed by atoms with Crippen LogP contribution in [0.4, 0.5) is 19.0 Å². The third-order valence-corrected chi connectivity index (χ3v) is 3.07. The zero-order valence-electron chi connectivity index (χ0n) is 10.7. The maximum absolute atomic E-state index is 12.5. The molecule has 2 aromatic rings. The molecule has 0 aliphatic rings. The van der Waals surface area contributed by atoms with Crippen molar-refractivity contribution >= 4 is 17.4 Å². The lowest BCUT2D eigenvalue weighted by atomic mass is 10.2. The van der Waals surface area contributed by atoms with Crippen LogP contribution in [0.25, 0.3) is 0 Å². The van der Waals surface area contributed by atoms with Gasteiger partial charge in [-0.3, -0.25) is 0 Å². The van der Waals surface area contributed by atoms with Crippen LogP contribution in [-0.2, 0) is 12.7 Å². The number of anilines is 1. The molecule has 0 saturated heterocycles. The molecular formula is C12H11ClF3N3O. The highest BCUT2D eigenvalue weighted by atomic mass is 35.5. The third kappa shape index (κ3) is 3.04. The highest BCUT2D eigenvalue weighted by molar-refractivity contribution is 6.32. The van der Waals surface area contributed by atoms with Crippen molar-refractivity contribution in [1.29, 1.82) is 0 Å². The van der Waals surface area contributed by atoms with Crippen LogP contribution < -0.4 is 5.32 Å². The topological polar surface area (TPSA) is 51.0 Å². The molecule has 2 rings (SSSR count). The summed E-state index contributed by atoms with van der Waals surface area (Å²) in [5.41, 5.74) is 0.645. The SMILES string of the molecule is Cc1noc(C)c1CNc1ncc(C(F)(F)F)cc1Cl. The molecule has 0 saturated carbocycles. The second-order valence-electron chi connectivity index (χ2n) is 4.21. The Hall–Kier alpha value is -1.76. The lowest BCUT2D eigenvalue weighted by Gasteiger charge is -2.10. The standard InChI is InChI=1S/C12H11ClF3N3O/c1-6-9(7(2)20-19-6)5-18-11-10(13)3-8(4-17-11)12(14,15)16/h3-4H,5H2,1-2H3,(H,17,18). The normalized spacial score (nSPS) is 11.7. The number of pyridine rings is 1. The minimum absolute atomic E-state index is 0.0911. The van der Waals surface area contributed by atoms with Crippen LogP contribution in [0.1, 0.15) is 22.6 Å². The Bertz CT molecular complexity index is 605. The number of rotatable bonds is 3. The van der Waals surface area contributed by atoms with Crippen molar-refractivity contribution in [3.05, 3.63) is 39.9 Å². The lowest BCUT2D eigenvalue weighted by Crippen LogP contribution is -2.08. The fourth-order valence-corrected chi connectivity index (χ4v) is 1.88. The summed E-state index contributed by atoms with van der Waals surface area (Å²) >= 11 is 5.79. The van der Waals surface area contributed by atoms with Crippen molar-refractivity contribution in [3.8, 4) is 0 Å². The molecule has 0 radical (unpaired) electrons. The summed E-state index contributed by atoms with van der Waals surface area (Å²) in [6, 6.07) is 0.838. The Morgan fingerprint density at radius 1 is 1.35 bits per heavy atom. The van der Waals surface area contributed by atoms with Crippen LogP contribution in [0.15, 0.2) is 16.8 Å². The number of aromatic nitrogens is 2. The van der Waals surface area contributed by atoms with E-state index < -0.39 is 11.7 Å². The van der Waals surface area contributed by atoms with Gasteiger partial charge in [0, 0.05) is 18.3 Å². The highest BCUT2D eigenvalue weighted by Gasteiger charge is 2.31. The molecule has 0 spiro atoms. The van der Waals surface area contributed by atoms with Crippen LogP contribution >= 0.6 is 11.6 Å². The van der Waals surface area contributed by atoms with Crippen LogP contribution in [0.2, 0.25) is 5.02 Å². The molecule has 8 heteroatoms. The van der Waals surface area contributed by atoms with E-state index in [-0.39, 0.29) is 10.8 Å². The van der Waals surface area contributed by atoms with Gasteiger partial charge in [0.1, 0.15) is 11.6 Å². The first-order valence-corrected chi connectivity index (χ1v) is 6.05. The number of nitrogens with one attached hydrogen (secondary N) is 1. The predicted molar refractivity (Wildman–Crippen MR) is 67.6 cm³/mol. The average Bonchev–Trinajstić information content (AvgIpc) is 2.67. The van der Waals surface area contributed by atoms with Crippen molar-refractivity contribution in [2.75, 3.05) is 5.32 Å². The molecule has 0 aromatic carbocycles. The first kappa shape index (κ1) is 14.6. The van der Waals surface area contributed by atoms with E-state index in [1.807, 2.05) is 0 Å². The maximum Gasteiger partial charge on any atom is 0.417 e. The van der Waals surface area contributed by atoms with Gasteiger partial charge in [-0.2, -0.15) is 13.2 Å². The number of nitrogens with zero attached hydrogens (tertiary/aromatic N) is 2. The quantitative estimate of drug-likeness (QED) is 0.932. The van der Waals surface area contributed by atoms with Gasteiger partial charge in [-0.1, -0.05) is 16.8 Å². The predicted octanol–water partition coefficient (Wildman–Crippen LogP) is 3.97. The largest absolute Gasteiger partial charge is 0.417 e. The number of hydrogen-bond donors (Lipinski definition) is 1. The highest BCUT2D eigenvalue weighted by Crippen LogP contribution is 2.32.